The van der Waals surface area contributed by atoms with E-state index in [4.69, 9.17) is 4.74 Å². The third kappa shape index (κ3) is 1.77. The van der Waals surface area contributed by atoms with Gasteiger partial charge >= 0.3 is 6.09 Å². The lowest BCUT2D eigenvalue weighted by Crippen LogP contribution is -2.35. The smallest absolute Gasteiger partial charge is 0.409 e. The number of piperidine rings is 1. The van der Waals surface area contributed by atoms with Gasteiger partial charge in [-0.2, -0.15) is 0 Å². The molecule has 2 fully saturated rings. The van der Waals surface area contributed by atoms with Crippen LogP contribution in [0.1, 0.15) is 12.8 Å². The van der Waals surface area contributed by atoms with E-state index in [0.29, 0.717) is 5.92 Å². The van der Waals surface area contributed by atoms with E-state index in [0.717, 1.165) is 32.5 Å². The van der Waals surface area contributed by atoms with Crippen molar-refractivity contribution in [1.29, 1.82) is 0 Å². The molecule has 1 unspecified atom stereocenters. The van der Waals surface area contributed by atoms with E-state index in [1.165, 1.54) is 0 Å². The average Bonchev–Trinajstić information content (AvgIpc) is 2.49. The van der Waals surface area contributed by atoms with E-state index in [1.807, 2.05) is 0 Å². The Labute approximate surface area is 78.2 Å². The number of likely N-dealkylation sites (N-methyl/N-ethyl adjacent to an activating group) is 1. The Bertz CT molecular complexity index is 202. The molecular formula is C9H16N2O2. The van der Waals surface area contributed by atoms with Crippen molar-refractivity contribution in [3.05, 3.63) is 0 Å². The molecule has 4 heteroatoms. The maximum absolute atomic E-state index is 11.1. The summed E-state index contributed by atoms with van der Waals surface area (Å²) in [6, 6.07) is 0. The van der Waals surface area contributed by atoms with E-state index >= 15 is 0 Å². The van der Waals surface area contributed by atoms with Crippen molar-refractivity contribution < 1.29 is 9.53 Å². The van der Waals surface area contributed by atoms with Gasteiger partial charge in [0.1, 0.15) is 6.10 Å². The van der Waals surface area contributed by atoms with E-state index < -0.39 is 0 Å². The molecule has 0 aromatic carbocycles. The minimum absolute atomic E-state index is 0.139. The summed E-state index contributed by atoms with van der Waals surface area (Å²) in [5.74, 6) is 0.565. The third-order valence-electron chi connectivity index (χ3n) is 2.93. The first-order valence-corrected chi connectivity index (χ1v) is 4.90. The van der Waals surface area contributed by atoms with Crippen LogP contribution in [0.5, 0.6) is 0 Å². The number of nitrogens with one attached hydrogen (secondary N) is 1. The molecule has 2 saturated heterocycles. The van der Waals surface area contributed by atoms with Crippen LogP contribution in [-0.2, 0) is 4.74 Å². The van der Waals surface area contributed by atoms with E-state index in [9.17, 15) is 4.79 Å². The zero-order chi connectivity index (χ0) is 9.26. The summed E-state index contributed by atoms with van der Waals surface area (Å²) in [5, 5.41) is 3.31. The Kier molecular flexibility index (Phi) is 2.40. The number of hydrogen-bond acceptors (Lipinski definition) is 3. The van der Waals surface area contributed by atoms with E-state index in [1.54, 1.807) is 11.9 Å². The maximum Gasteiger partial charge on any atom is 0.409 e. The van der Waals surface area contributed by atoms with Crippen molar-refractivity contribution in [1.82, 2.24) is 10.2 Å². The predicted octanol–water partition coefficient (Wildman–Crippen LogP) is 0.437. The van der Waals surface area contributed by atoms with Gasteiger partial charge in [0, 0.05) is 13.0 Å². The minimum atomic E-state index is -0.163. The zero-order valence-corrected chi connectivity index (χ0v) is 7.95. The quantitative estimate of drug-likeness (QED) is 0.643. The van der Waals surface area contributed by atoms with Gasteiger partial charge in [0.2, 0.25) is 0 Å². The molecule has 74 valence electrons. The monoisotopic (exact) mass is 184 g/mol. The van der Waals surface area contributed by atoms with Gasteiger partial charge in [-0.15, -0.1) is 0 Å². The molecule has 0 aliphatic carbocycles. The van der Waals surface area contributed by atoms with Crippen LogP contribution in [0.4, 0.5) is 4.79 Å². The third-order valence-corrected chi connectivity index (χ3v) is 2.93. The number of nitrogens with zero attached hydrogens (tertiary/aromatic N) is 1. The van der Waals surface area contributed by atoms with Gasteiger partial charge in [-0.1, -0.05) is 0 Å². The van der Waals surface area contributed by atoms with Crippen molar-refractivity contribution in [3.8, 4) is 0 Å². The van der Waals surface area contributed by atoms with E-state index in [-0.39, 0.29) is 12.2 Å². The fraction of sp³-hybridized carbons (Fsp3) is 0.889. The second-order valence-electron chi connectivity index (χ2n) is 3.89. The van der Waals surface area contributed by atoms with Gasteiger partial charge in [-0.25, -0.2) is 4.79 Å². The molecule has 4 nitrogen and oxygen atoms in total. The van der Waals surface area contributed by atoms with Gasteiger partial charge in [0.15, 0.2) is 0 Å². The molecule has 2 rings (SSSR count). The number of carbonyl (C=O) groups is 1. The Balaban J connectivity index is 1.90. The molecule has 0 aromatic heterocycles. The molecule has 1 atom stereocenters. The normalized spacial score (nSPS) is 30.7. The Morgan fingerprint density at radius 2 is 2.15 bits per heavy atom. The van der Waals surface area contributed by atoms with Crippen LogP contribution in [0.2, 0.25) is 0 Å². The van der Waals surface area contributed by atoms with Crippen molar-refractivity contribution in [2.24, 2.45) is 5.92 Å². The molecule has 2 aliphatic rings. The highest BCUT2D eigenvalue weighted by molar-refractivity contribution is 5.69. The molecule has 13 heavy (non-hydrogen) atoms. The largest absolute Gasteiger partial charge is 0.444 e. The fourth-order valence-electron chi connectivity index (χ4n) is 2.06. The van der Waals surface area contributed by atoms with Crippen molar-refractivity contribution in [2.75, 3.05) is 26.7 Å². The number of ether oxygens (including phenoxy) is 1. The van der Waals surface area contributed by atoms with Crippen molar-refractivity contribution in [3.63, 3.8) is 0 Å². The summed E-state index contributed by atoms with van der Waals surface area (Å²) >= 11 is 0. The summed E-state index contributed by atoms with van der Waals surface area (Å²) in [4.78, 5) is 12.8. The van der Waals surface area contributed by atoms with E-state index in [2.05, 4.69) is 5.32 Å². The zero-order valence-electron chi connectivity index (χ0n) is 7.95. The summed E-state index contributed by atoms with van der Waals surface area (Å²) < 4.78 is 5.27. The van der Waals surface area contributed by atoms with Crippen molar-refractivity contribution >= 4 is 6.09 Å². The molecule has 0 spiro atoms. The van der Waals surface area contributed by atoms with Gasteiger partial charge in [-0.3, -0.25) is 0 Å². The number of amides is 1. The second kappa shape index (κ2) is 3.54. The molecule has 0 bridgehead atoms. The van der Waals surface area contributed by atoms with Crippen molar-refractivity contribution in [2.45, 2.75) is 18.9 Å². The van der Waals surface area contributed by atoms with Gasteiger partial charge in [0.25, 0.3) is 0 Å². The van der Waals surface area contributed by atoms with Crippen LogP contribution in [0.3, 0.4) is 0 Å². The maximum atomic E-state index is 11.1. The highest BCUT2D eigenvalue weighted by atomic mass is 16.6. The number of carbonyl (C=O) groups excluding carboxylic acids is 1. The van der Waals surface area contributed by atoms with Crippen LogP contribution in [0.15, 0.2) is 0 Å². The lowest BCUT2D eigenvalue weighted by Gasteiger charge is -2.26. The number of hydrogen-bond donors (Lipinski definition) is 1. The van der Waals surface area contributed by atoms with Crippen LogP contribution in [0, 0.1) is 5.92 Å². The number of cyclic esters (lactones) is 1. The van der Waals surface area contributed by atoms with Crippen LogP contribution < -0.4 is 5.32 Å². The van der Waals surface area contributed by atoms with Crippen LogP contribution >= 0.6 is 0 Å². The summed E-state index contributed by atoms with van der Waals surface area (Å²) in [6.07, 6.45) is 2.24. The van der Waals surface area contributed by atoms with Gasteiger partial charge < -0.3 is 15.0 Å². The molecule has 2 aliphatic heterocycles. The first-order valence-electron chi connectivity index (χ1n) is 4.90. The standard InChI is InChI=1S/C9H16N2O2/c1-11-6-8(13-9(11)12)7-2-4-10-5-3-7/h7-8,10H,2-6H2,1H3. The van der Waals surface area contributed by atoms with Gasteiger partial charge in [-0.05, 0) is 25.9 Å². The summed E-state index contributed by atoms with van der Waals surface area (Å²) in [7, 11) is 1.80. The molecular weight excluding hydrogens is 168 g/mol. The fourth-order valence-corrected chi connectivity index (χ4v) is 2.06. The first kappa shape index (κ1) is 8.81. The van der Waals surface area contributed by atoms with Crippen LogP contribution in [0.25, 0.3) is 0 Å². The lowest BCUT2D eigenvalue weighted by atomic mass is 9.92. The summed E-state index contributed by atoms with van der Waals surface area (Å²) in [6.45, 7) is 2.88. The second-order valence-corrected chi connectivity index (χ2v) is 3.89. The first-order chi connectivity index (χ1) is 6.27. The van der Waals surface area contributed by atoms with Crippen LogP contribution in [-0.4, -0.2) is 43.8 Å². The Morgan fingerprint density at radius 3 is 2.69 bits per heavy atom. The molecule has 0 radical (unpaired) electrons. The molecule has 0 aromatic rings. The SMILES string of the molecule is CN1CC(C2CCNCC2)OC1=O. The number of rotatable bonds is 1. The highest BCUT2D eigenvalue weighted by Gasteiger charge is 2.34. The average molecular weight is 184 g/mol. The molecule has 1 N–H and O–H groups in total. The minimum Gasteiger partial charge on any atom is -0.444 e. The van der Waals surface area contributed by atoms with Gasteiger partial charge in [0.05, 0.1) is 6.54 Å². The Hall–Kier alpha value is -0.770. The Morgan fingerprint density at radius 1 is 1.46 bits per heavy atom. The molecule has 2 heterocycles. The highest BCUT2D eigenvalue weighted by Crippen LogP contribution is 2.23. The molecule has 0 saturated carbocycles. The topological polar surface area (TPSA) is 41.6 Å². The lowest BCUT2D eigenvalue weighted by molar-refractivity contribution is 0.0908. The summed E-state index contributed by atoms with van der Waals surface area (Å²) in [5.41, 5.74) is 0. The predicted molar refractivity (Wildman–Crippen MR) is 48.5 cm³/mol. The molecule has 1 amide bonds.